The van der Waals surface area contributed by atoms with Crippen LogP contribution in [0.4, 0.5) is 0 Å². The van der Waals surface area contributed by atoms with Crippen molar-refractivity contribution >= 4 is 19.4 Å². The zero-order valence-electron chi connectivity index (χ0n) is 15.3. The lowest BCUT2D eigenvalue weighted by atomic mass is 10.1. The molecule has 2 aromatic rings. The maximum Gasteiger partial charge on any atom is 0.353 e. The Labute approximate surface area is 158 Å². The van der Waals surface area contributed by atoms with Crippen molar-refractivity contribution in [2.45, 2.75) is 26.1 Å². The van der Waals surface area contributed by atoms with Gasteiger partial charge in [-0.15, -0.1) is 0 Å². The number of hydrogen-bond acceptors (Lipinski definition) is 5. The average molecular weight is 387 g/mol. The van der Waals surface area contributed by atoms with Gasteiger partial charge in [-0.3, -0.25) is 19.1 Å². The Hall–Kier alpha value is -2.27. The van der Waals surface area contributed by atoms with Crippen molar-refractivity contribution in [3.63, 3.8) is 0 Å². The molecule has 2 aromatic carbocycles. The van der Waals surface area contributed by atoms with Crippen molar-refractivity contribution in [2.24, 2.45) is 0 Å². The first-order valence-electron chi connectivity index (χ1n) is 8.91. The van der Waals surface area contributed by atoms with E-state index in [1.165, 1.54) is 0 Å². The molecule has 0 saturated carbocycles. The summed E-state index contributed by atoms with van der Waals surface area (Å²) >= 11 is 0. The van der Waals surface area contributed by atoms with Gasteiger partial charge < -0.3 is 9.05 Å². The minimum absolute atomic E-state index is 0.145. The van der Waals surface area contributed by atoms with E-state index < -0.39 is 25.2 Å². The van der Waals surface area contributed by atoms with Crippen LogP contribution < -0.4 is 0 Å². The largest absolute Gasteiger partial charge is 0.353 e. The molecule has 0 radical (unpaired) electrons. The van der Waals surface area contributed by atoms with Crippen molar-refractivity contribution in [3.8, 4) is 0 Å². The third kappa shape index (κ3) is 3.74. The Balaban J connectivity index is 2.06. The van der Waals surface area contributed by atoms with Crippen molar-refractivity contribution in [2.75, 3.05) is 13.2 Å². The Bertz CT molecular complexity index is 838. The second kappa shape index (κ2) is 8.17. The van der Waals surface area contributed by atoms with Gasteiger partial charge in [0, 0.05) is 6.42 Å². The topological polar surface area (TPSA) is 72.9 Å². The van der Waals surface area contributed by atoms with E-state index in [4.69, 9.17) is 9.05 Å². The molecule has 0 aliphatic carbocycles. The highest BCUT2D eigenvalue weighted by atomic mass is 31.2. The molecule has 0 fully saturated rings. The van der Waals surface area contributed by atoms with Gasteiger partial charge in [0.05, 0.1) is 24.3 Å². The van der Waals surface area contributed by atoms with Gasteiger partial charge in [0.25, 0.3) is 11.8 Å². The average Bonchev–Trinajstić information content (AvgIpc) is 2.92. The third-order valence-electron chi connectivity index (χ3n) is 4.37. The van der Waals surface area contributed by atoms with Gasteiger partial charge in [-0.25, -0.2) is 0 Å². The SMILES string of the molecule is CCOP(=O)(OCC)C(Cc1ccccc1)N1C(=O)c2ccccc2C1=O. The van der Waals surface area contributed by atoms with E-state index in [1.54, 1.807) is 38.1 Å². The highest BCUT2D eigenvalue weighted by molar-refractivity contribution is 7.54. The molecule has 0 aromatic heterocycles. The molecule has 0 spiro atoms. The molecule has 0 bridgehead atoms. The number of hydrogen-bond donors (Lipinski definition) is 0. The number of imide groups is 1. The quantitative estimate of drug-likeness (QED) is 0.503. The number of rotatable bonds is 8. The maximum atomic E-state index is 13.6. The van der Waals surface area contributed by atoms with Crippen LogP contribution in [-0.4, -0.2) is 35.7 Å². The van der Waals surface area contributed by atoms with Crippen LogP contribution >= 0.6 is 7.60 Å². The number of carbonyl (C=O) groups is 2. The molecule has 0 N–H and O–H groups in total. The molecule has 2 amide bonds. The summed E-state index contributed by atoms with van der Waals surface area (Å²) in [6.07, 6.45) is 0.184. The molecule has 0 saturated heterocycles. The van der Waals surface area contributed by atoms with Gasteiger partial charge in [0.15, 0.2) is 0 Å². The summed E-state index contributed by atoms with van der Waals surface area (Å²) in [6.45, 7) is 3.69. The van der Waals surface area contributed by atoms with Crippen LogP contribution in [0, 0.1) is 0 Å². The van der Waals surface area contributed by atoms with Crippen LogP contribution in [0.15, 0.2) is 54.6 Å². The number of benzene rings is 2. The summed E-state index contributed by atoms with van der Waals surface area (Å²) in [7, 11) is -3.76. The minimum Gasteiger partial charge on any atom is -0.307 e. The molecule has 27 heavy (non-hydrogen) atoms. The van der Waals surface area contributed by atoms with Gasteiger partial charge in [0.1, 0.15) is 5.78 Å². The molecule has 1 unspecified atom stereocenters. The number of fused-ring (bicyclic) bond motifs is 1. The number of amides is 2. The summed E-state index contributed by atoms with van der Waals surface area (Å²) in [4.78, 5) is 27.0. The molecular formula is C20H22NO5P. The van der Waals surface area contributed by atoms with Crippen LogP contribution in [-0.2, 0) is 20.0 Å². The fourth-order valence-electron chi connectivity index (χ4n) is 3.22. The number of nitrogens with zero attached hydrogens (tertiary/aromatic N) is 1. The highest BCUT2D eigenvalue weighted by Gasteiger charge is 2.49. The van der Waals surface area contributed by atoms with Gasteiger partial charge in [-0.2, -0.15) is 0 Å². The summed E-state index contributed by atoms with van der Waals surface area (Å²) in [6, 6.07) is 15.9. The Morgan fingerprint density at radius 3 is 1.81 bits per heavy atom. The first kappa shape index (κ1) is 19.5. The van der Waals surface area contributed by atoms with E-state index in [0.717, 1.165) is 10.5 Å². The van der Waals surface area contributed by atoms with Gasteiger partial charge in [-0.05, 0) is 31.5 Å². The summed E-state index contributed by atoms with van der Waals surface area (Å²) in [5.41, 5.74) is 1.44. The highest BCUT2D eigenvalue weighted by Crippen LogP contribution is 2.56. The summed E-state index contributed by atoms with van der Waals surface area (Å²) < 4.78 is 24.6. The van der Waals surface area contributed by atoms with E-state index >= 15 is 0 Å². The maximum absolute atomic E-state index is 13.6. The Morgan fingerprint density at radius 1 is 0.852 bits per heavy atom. The standard InChI is InChI=1S/C20H22NO5P/c1-3-25-27(24,26-4-2)18(14-15-10-6-5-7-11-15)21-19(22)16-12-8-9-13-17(16)20(21)23/h5-13,18H,3-4,14H2,1-2H3. The second-order valence-corrected chi connectivity index (χ2v) is 8.26. The molecule has 1 heterocycles. The molecule has 3 rings (SSSR count). The lowest BCUT2D eigenvalue weighted by Crippen LogP contribution is -2.42. The van der Waals surface area contributed by atoms with Gasteiger partial charge in [0.2, 0.25) is 0 Å². The van der Waals surface area contributed by atoms with E-state index in [9.17, 15) is 14.2 Å². The first-order valence-corrected chi connectivity index (χ1v) is 10.5. The normalized spacial score (nSPS) is 15.1. The van der Waals surface area contributed by atoms with E-state index in [2.05, 4.69) is 0 Å². The summed E-state index contributed by atoms with van der Waals surface area (Å²) in [5, 5.41) is 0. The van der Waals surface area contributed by atoms with E-state index in [-0.39, 0.29) is 19.6 Å². The molecular weight excluding hydrogens is 365 g/mol. The molecule has 1 atom stereocenters. The smallest absolute Gasteiger partial charge is 0.307 e. The fourth-order valence-corrected chi connectivity index (χ4v) is 5.28. The van der Waals surface area contributed by atoms with Gasteiger partial charge in [-0.1, -0.05) is 42.5 Å². The van der Waals surface area contributed by atoms with Crippen molar-refractivity contribution in [1.82, 2.24) is 4.90 Å². The van der Waals surface area contributed by atoms with Gasteiger partial charge >= 0.3 is 7.60 Å². The molecule has 1 aliphatic heterocycles. The van der Waals surface area contributed by atoms with Crippen LogP contribution in [0.5, 0.6) is 0 Å². The first-order chi connectivity index (χ1) is 13.0. The fraction of sp³-hybridized carbons (Fsp3) is 0.300. The van der Waals surface area contributed by atoms with Crippen molar-refractivity contribution in [1.29, 1.82) is 0 Å². The monoisotopic (exact) mass is 387 g/mol. The van der Waals surface area contributed by atoms with Crippen molar-refractivity contribution in [3.05, 3.63) is 71.3 Å². The Kier molecular flexibility index (Phi) is 5.90. The lowest BCUT2D eigenvalue weighted by Gasteiger charge is -2.32. The third-order valence-corrected chi connectivity index (χ3v) is 6.75. The van der Waals surface area contributed by atoms with Crippen LogP contribution in [0.25, 0.3) is 0 Å². The zero-order chi connectivity index (χ0) is 19.4. The van der Waals surface area contributed by atoms with Crippen LogP contribution in [0.3, 0.4) is 0 Å². The molecule has 7 heteroatoms. The Morgan fingerprint density at radius 2 is 1.33 bits per heavy atom. The second-order valence-electron chi connectivity index (χ2n) is 6.07. The predicted octanol–water partition coefficient (Wildman–Crippen LogP) is 4.12. The zero-order valence-corrected chi connectivity index (χ0v) is 16.2. The van der Waals surface area contributed by atoms with Crippen molar-refractivity contribution < 1.29 is 23.2 Å². The van der Waals surface area contributed by atoms with E-state index in [1.807, 2.05) is 30.3 Å². The van der Waals surface area contributed by atoms with Crippen LogP contribution in [0.1, 0.15) is 40.1 Å². The predicted molar refractivity (Wildman–Crippen MR) is 102 cm³/mol. The molecule has 142 valence electrons. The number of carbonyl (C=O) groups excluding carboxylic acids is 2. The van der Waals surface area contributed by atoms with E-state index in [0.29, 0.717) is 11.1 Å². The van der Waals surface area contributed by atoms with Crippen LogP contribution in [0.2, 0.25) is 0 Å². The lowest BCUT2D eigenvalue weighted by molar-refractivity contribution is 0.0598. The summed E-state index contributed by atoms with van der Waals surface area (Å²) in [5.74, 6) is -1.99. The minimum atomic E-state index is -3.76. The molecule has 1 aliphatic rings. The molecule has 6 nitrogen and oxygen atoms in total.